The molecule has 11 heteroatoms. The van der Waals surface area contributed by atoms with Gasteiger partial charge in [0.05, 0.1) is 35.0 Å². The molecule has 0 aromatic carbocycles. The van der Waals surface area contributed by atoms with Gasteiger partial charge in [-0.15, -0.1) is 23.1 Å². The van der Waals surface area contributed by atoms with Crippen LogP contribution >= 0.6 is 23.1 Å². The molecule has 0 spiro atoms. The van der Waals surface area contributed by atoms with Gasteiger partial charge in [0.2, 0.25) is 0 Å². The molecule has 1 atom stereocenters. The van der Waals surface area contributed by atoms with Crippen LogP contribution in [0.1, 0.15) is 58.2 Å². The Balaban J connectivity index is 1.65. The number of nitriles is 1. The minimum atomic E-state index is -0.735. The molecule has 176 valence electrons. The lowest BCUT2D eigenvalue weighted by Gasteiger charge is -2.28. The van der Waals surface area contributed by atoms with Crippen molar-refractivity contribution in [2.24, 2.45) is 0 Å². The largest absolute Gasteiger partial charge is 0.463 e. The van der Waals surface area contributed by atoms with Crippen LogP contribution < -0.4 is 10.6 Å². The number of hydrogen-bond acceptors (Lipinski definition) is 9. The number of nitrogens with zero attached hydrogens (tertiary/aromatic N) is 2. The van der Waals surface area contributed by atoms with Crippen LogP contribution in [0.5, 0.6) is 0 Å². The van der Waals surface area contributed by atoms with Gasteiger partial charge in [-0.05, 0) is 43.5 Å². The Hall–Kier alpha value is -3.36. The molecule has 2 aromatic rings. The van der Waals surface area contributed by atoms with Crippen LogP contribution in [0.2, 0.25) is 0 Å². The molecule has 0 bridgehead atoms. The van der Waals surface area contributed by atoms with Gasteiger partial charge >= 0.3 is 18.0 Å². The Morgan fingerprint density at radius 3 is 2.74 bits per heavy atom. The highest BCUT2D eigenvalue weighted by molar-refractivity contribution is 7.98. The van der Waals surface area contributed by atoms with Crippen molar-refractivity contribution in [2.75, 3.05) is 19.5 Å². The van der Waals surface area contributed by atoms with Gasteiger partial charge in [0, 0.05) is 16.5 Å². The van der Waals surface area contributed by atoms with Gasteiger partial charge in [-0.1, -0.05) is 6.07 Å². The maximum Gasteiger partial charge on any atom is 0.340 e. The number of esters is 2. The molecule has 1 aliphatic heterocycles. The zero-order valence-corrected chi connectivity index (χ0v) is 20.2. The summed E-state index contributed by atoms with van der Waals surface area (Å²) in [5.74, 6) is -1.08. The number of urea groups is 1. The molecular formula is C23H22N4O5S2. The second kappa shape index (κ2) is 10.3. The molecule has 1 saturated carbocycles. The first-order valence-electron chi connectivity index (χ1n) is 10.6. The van der Waals surface area contributed by atoms with Crippen molar-refractivity contribution in [1.29, 1.82) is 5.26 Å². The standard InChI is InChI=1S/C23H22N4O5S2/c1-3-31-22(29)18-16(26-23(30)27-19(18)17-5-4-8-34-17)11-32-21(28)13-9-15(12-6-7-12)25-20(33-2)14(13)10-24/h4-5,8-9,12,19H,3,6-7,11H2,1-2H3,(H2,26,27,30). The van der Waals surface area contributed by atoms with Gasteiger partial charge in [-0.2, -0.15) is 5.26 Å². The molecule has 1 fully saturated rings. The summed E-state index contributed by atoms with van der Waals surface area (Å²) in [6, 6.07) is 6.00. The predicted octanol–water partition coefficient (Wildman–Crippen LogP) is 3.64. The zero-order chi connectivity index (χ0) is 24.2. The van der Waals surface area contributed by atoms with E-state index in [1.54, 1.807) is 25.3 Å². The maximum atomic E-state index is 13.0. The van der Waals surface area contributed by atoms with Crippen LogP contribution in [0.4, 0.5) is 4.79 Å². The third-order valence-corrected chi connectivity index (χ3v) is 6.97. The Morgan fingerprint density at radius 1 is 1.32 bits per heavy atom. The second-order valence-corrected chi connectivity index (χ2v) is 9.37. The number of pyridine rings is 1. The Bertz CT molecular complexity index is 1200. The van der Waals surface area contributed by atoms with Crippen LogP contribution in [0.25, 0.3) is 0 Å². The van der Waals surface area contributed by atoms with E-state index in [1.807, 2.05) is 17.5 Å². The monoisotopic (exact) mass is 498 g/mol. The number of carbonyl (C=O) groups is 3. The van der Waals surface area contributed by atoms with Gasteiger partial charge in [0.1, 0.15) is 17.7 Å². The third-order valence-electron chi connectivity index (χ3n) is 5.35. The number of amides is 2. The summed E-state index contributed by atoms with van der Waals surface area (Å²) in [7, 11) is 0. The molecule has 0 saturated heterocycles. The van der Waals surface area contributed by atoms with E-state index in [0.29, 0.717) is 5.03 Å². The topological polar surface area (TPSA) is 130 Å². The molecule has 0 radical (unpaired) electrons. The second-order valence-electron chi connectivity index (χ2n) is 7.60. The SMILES string of the molecule is CCOC(=O)C1=C(COC(=O)c2cc(C3CC3)nc(SC)c2C#N)NC(=O)NC1c1cccs1. The highest BCUT2D eigenvalue weighted by Gasteiger charge is 2.35. The van der Waals surface area contributed by atoms with Crippen LogP contribution in [0, 0.1) is 11.3 Å². The van der Waals surface area contributed by atoms with E-state index in [-0.39, 0.29) is 41.5 Å². The van der Waals surface area contributed by atoms with E-state index in [4.69, 9.17) is 9.47 Å². The molecule has 4 rings (SSSR count). The van der Waals surface area contributed by atoms with E-state index in [0.717, 1.165) is 23.4 Å². The van der Waals surface area contributed by atoms with Gasteiger partial charge in [-0.3, -0.25) is 0 Å². The molecule has 34 heavy (non-hydrogen) atoms. The summed E-state index contributed by atoms with van der Waals surface area (Å²) in [5, 5.41) is 17.2. The molecule has 1 aliphatic carbocycles. The van der Waals surface area contributed by atoms with Gasteiger partial charge < -0.3 is 20.1 Å². The highest BCUT2D eigenvalue weighted by Crippen LogP contribution is 2.40. The van der Waals surface area contributed by atoms with Crippen LogP contribution in [0.15, 0.2) is 39.9 Å². The van der Waals surface area contributed by atoms with E-state index >= 15 is 0 Å². The number of thioether (sulfide) groups is 1. The summed E-state index contributed by atoms with van der Waals surface area (Å²) >= 11 is 2.67. The summed E-state index contributed by atoms with van der Waals surface area (Å²) in [6.45, 7) is 1.45. The lowest BCUT2D eigenvalue weighted by Crippen LogP contribution is -2.46. The predicted molar refractivity (Wildman–Crippen MR) is 125 cm³/mol. The average Bonchev–Trinajstić information content (AvgIpc) is 3.54. The van der Waals surface area contributed by atoms with Crippen molar-refractivity contribution in [3.05, 3.63) is 56.5 Å². The van der Waals surface area contributed by atoms with Crippen LogP contribution in [-0.4, -0.2) is 42.4 Å². The molecule has 2 aromatic heterocycles. The number of rotatable bonds is 8. The number of ether oxygens (including phenoxy) is 2. The van der Waals surface area contributed by atoms with Crippen molar-refractivity contribution in [3.8, 4) is 6.07 Å². The van der Waals surface area contributed by atoms with Gasteiger partial charge in [0.25, 0.3) is 0 Å². The fraction of sp³-hybridized carbons (Fsp3) is 0.348. The smallest absolute Gasteiger partial charge is 0.340 e. The molecule has 1 unspecified atom stereocenters. The first kappa shape index (κ1) is 23.8. The Morgan fingerprint density at radius 2 is 2.12 bits per heavy atom. The average molecular weight is 499 g/mol. The zero-order valence-electron chi connectivity index (χ0n) is 18.5. The molecule has 9 nitrogen and oxygen atoms in total. The van der Waals surface area contributed by atoms with E-state index in [2.05, 4.69) is 15.6 Å². The number of thiophene rings is 1. The third kappa shape index (κ3) is 4.93. The number of nitrogens with one attached hydrogen (secondary N) is 2. The molecule has 2 amide bonds. The summed E-state index contributed by atoms with van der Waals surface area (Å²) < 4.78 is 10.7. The fourth-order valence-corrected chi connectivity index (χ4v) is 4.95. The van der Waals surface area contributed by atoms with Gasteiger partial charge in [0.15, 0.2) is 0 Å². The molecular weight excluding hydrogens is 476 g/mol. The van der Waals surface area contributed by atoms with Crippen molar-refractivity contribution < 1.29 is 23.9 Å². The minimum absolute atomic E-state index is 0.122. The van der Waals surface area contributed by atoms with Crippen molar-refractivity contribution in [2.45, 2.75) is 36.8 Å². The van der Waals surface area contributed by atoms with Crippen LogP contribution in [-0.2, 0) is 14.3 Å². The van der Waals surface area contributed by atoms with E-state index < -0.39 is 24.0 Å². The minimum Gasteiger partial charge on any atom is -0.463 e. The lowest BCUT2D eigenvalue weighted by molar-refractivity contribution is -0.139. The molecule has 3 heterocycles. The number of carbonyl (C=O) groups excluding carboxylic acids is 3. The highest BCUT2D eigenvalue weighted by atomic mass is 32.2. The summed E-state index contributed by atoms with van der Waals surface area (Å²) in [4.78, 5) is 43.4. The van der Waals surface area contributed by atoms with E-state index in [9.17, 15) is 19.6 Å². The molecule has 2 aliphatic rings. The van der Waals surface area contributed by atoms with Crippen molar-refractivity contribution >= 4 is 41.1 Å². The maximum absolute atomic E-state index is 13.0. The first-order chi connectivity index (χ1) is 16.5. The van der Waals surface area contributed by atoms with E-state index in [1.165, 1.54) is 23.1 Å². The van der Waals surface area contributed by atoms with Crippen molar-refractivity contribution in [3.63, 3.8) is 0 Å². The van der Waals surface area contributed by atoms with Crippen molar-refractivity contribution in [1.82, 2.24) is 15.6 Å². The van der Waals surface area contributed by atoms with Crippen LogP contribution in [0.3, 0.4) is 0 Å². The summed E-state index contributed by atoms with van der Waals surface area (Å²) in [6.07, 6.45) is 3.76. The quantitative estimate of drug-likeness (QED) is 0.417. The normalized spacial score (nSPS) is 17.4. The molecule has 2 N–H and O–H groups in total. The summed E-state index contributed by atoms with van der Waals surface area (Å²) in [5.41, 5.74) is 1.32. The Kier molecular flexibility index (Phi) is 7.19. The first-order valence-corrected chi connectivity index (χ1v) is 12.7. The fourth-order valence-electron chi connectivity index (χ4n) is 3.61. The van der Waals surface area contributed by atoms with Gasteiger partial charge in [-0.25, -0.2) is 19.4 Å². The Labute approximate surface area is 204 Å². The number of hydrogen-bond donors (Lipinski definition) is 2. The lowest BCUT2D eigenvalue weighted by atomic mass is 10.0. The number of aromatic nitrogens is 1.